The van der Waals surface area contributed by atoms with E-state index in [0.717, 1.165) is 11.3 Å². The number of aryl methyl sites for hydroxylation is 1. The van der Waals surface area contributed by atoms with Gasteiger partial charge in [0.15, 0.2) is 6.61 Å². The van der Waals surface area contributed by atoms with Crippen LogP contribution in [0.2, 0.25) is 0 Å². The van der Waals surface area contributed by atoms with E-state index in [2.05, 4.69) is 18.3 Å². The minimum atomic E-state index is -0.00734. The molecule has 0 aliphatic heterocycles. The van der Waals surface area contributed by atoms with Gasteiger partial charge in [0, 0.05) is 19.1 Å². The molecular weight excluding hydrogens is 252 g/mol. The molecule has 0 radical (unpaired) electrons. The molecule has 4 heteroatoms. The van der Waals surface area contributed by atoms with Crippen molar-refractivity contribution in [2.24, 2.45) is 0 Å². The fraction of sp³-hybridized carbons (Fsp3) is 0.562. The fourth-order valence-electron chi connectivity index (χ4n) is 1.80. The van der Waals surface area contributed by atoms with E-state index in [4.69, 9.17) is 4.74 Å². The Hall–Kier alpha value is -1.55. The molecule has 0 spiro atoms. The Bertz CT molecular complexity index is 458. The molecule has 1 atom stereocenters. The van der Waals surface area contributed by atoms with Crippen molar-refractivity contribution in [3.63, 3.8) is 0 Å². The summed E-state index contributed by atoms with van der Waals surface area (Å²) in [5.74, 6) is 0.759. The van der Waals surface area contributed by atoms with Gasteiger partial charge in [0.1, 0.15) is 5.75 Å². The number of nitrogens with zero attached hydrogens (tertiary/aromatic N) is 1. The third kappa shape index (κ3) is 4.23. The lowest BCUT2D eigenvalue weighted by molar-refractivity contribution is -0.133. The molecule has 0 fully saturated rings. The second-order valence-electron chi connectivity index (χ2n) is 5.42. The van der Waals surface area contributed by atoms with Crippen LogP contribution < -0.4 is 10.1 Å². The van der Waals surface area contributed by atoms with Gasteiger partial charge in [-0.05, 0) is 51.9 Å². The van der Waals surface area contributed by atoms with Gasteiger partial charge in [-0.15, -0.1) is 0 Å². The second-order valence-corrected chi connectivity index (χ2v) is 5.42. The molecule has 0 aliphatic carbocycles. The number of carbonyl (C=O) groups is 1. The van der Waals surface area contributed by atoms with Crippen molar-refractivity contribution in [2.75, 3.05) is 20.7 Å². The van der Waals surface area contributed by atoms with Crippen LogP contribution in [0.4, 0.5) is 0 Å². The maximum atomic E-state index is 11.9. The Labute approximate surface area is 122 Å². The van der Waals surface area contributed by atoms with E-state index >= 15 is 0 Å². The predicted octanol–water partition coefficient (Wildman–Crippen LogP) is 2.52. The number of nitrogens with one attached hydrogen (secondary N) is 1. The van der Waals surface area contributed by atoms with Crippen molar-refractivity contribution in [1.29, 1.82) is 0 Å². The highest BCUT2D eigenvalue weighted by Crippen LogP contribution is 2.22. The average molecular weight is 278 g/mol. The average Bonchev–Trinajstić information content (AvgIpc) is 2.43. The molecule has 0 heterocycles. The molecule has 0 bridgehead atoms. The van der Waals surface area contributed by atoms with Gasteiger partial charge in [-0.25, -0.2) is 0 Å². The summed E-state index contributed by atoms with van der Waals surface area (Å²) in [4.78, 5) is 13.6. The maximum absolute atomic E-state index is 11.9. The highest BCUT2D eigenvalue weighted by atomic mass is 16.5. The number of carbonyl (C=O) groups excluding carboxylic acids is 1. The SMILES string of the molecule is CNC(C)c1ccc(OCC(=O)N(C)C(C)C)c(C)c1. The summed E-state index contributed by atoms with van der Waals surface area (Å²) < 4.78 is 5.63. The molecule has 0 saturated heterocycles. The van der Waals surface area contributed by atoms with Crippen LogP contribution >= 0.6 is 0 Å². The molecule has 1 amide bonds. The minimum Gasteiger partial charge on any atom is -0.484 e. The quantitative estimate of drug-likeness (QED) is 0.869. The number of likely N-dealkylation sites (N-methyl/N-ethyl adjacent to an activating group) is 1. The van der Waals surface area contributed by atoms with Crippen molar-refractivity contribution >= 4 is 5.91 Å². The minimum absolute atomic E-state index is 0.00734. The van der Waals surface area contributed by atoms with Crippen LogP contribution in [0.1, 0.15) is 37.9 Å². The number of hydrogen-bond donors (Lipinski definition) is 1. The largest absolute Gasteiger partial charge is 0.484 e. The van der Waals surface area contributed by atoms with E-state index in [9.17, 15) is 4.79 Å². The van der Waals surface area contributed by atoms with Crippen LogP contribution in [-0.2, 0) is 4.79 Å². The second kappa shape index (κ2) is 7.29. The molecule has 20 heavy (non-hydrogen) atoms. The summed E-state index contributed by atoms with van der Waals surface area (Å²) in [5.41, 5.74) is 2.26. The Balaban J connectivity index is 2.68. The zero-order valence-electron chi connectivity index (χ0n) is 13.4. The van der Waals surface area contributed by atoms with Gasteiger partial charge in [0.25, 0.3) is 5.91 Å². The Morgan fingerprint density at radius 3 is 2.50 bits per heavy atom. The molecule has 0 saturated carbocycles. The van der Waals surface area contributed by atoms with Gasteiger partial charge in [-0.3, -0.25) is 4.79 Å². The Morgan fingerprint density at radius 2 is 2.00 bits per heavy atom. The van der Waals surface area contributed by atoms with Crippen LogP contribution in [0.3, 0.4) is 0 Å². The highest BCUT2D eigenvalue weighted by Gasteiger charge is 2.13. The molecule has 112 valence electrons. The molecule has 4 nitrogen and oxygen atoms in total. The molecule has 1 aromatic carbocycles. The molecule has 1 rings (SSSR count). The first-order valence-corrected chi connectivity index (χ1v) is 7.03. The van der Waals surface area contributed by atoms with Crippen molar-refractivity contribution in [1.82, 2.24) is 10.2 Å². The summed E-state index contributed by atoms with van der Waals surface area (Å²) in [6.45, 7) is 8.15. The summed E-state index contributed by atoms with van der Waals surface area (Å²) >= 11 is 0. The zero-order chi connectivity index (χ0) is 15.3. The summed E-state index contributed by atoms with van der Waals surface area (Å²) in [5, 5.41) is 3.20. The molecular formula is C16H26N2O2. The predicted molar refractivity (Wildman–Crippen MR) is 82.1 cm³/mol. The number of hydrogen-bond acceptors (Lipinski definition) is 3. The number of ether oxygens (including phenoxy) is 1. The number of amides is 1. The lowest BCUT2D eigenvalue weighted by Gasteiger charge is -2.22. The molecule has 1 unspecified atom stereocenters. The van der Waals surface area contributed by atoms with E-state index < -0.39 is 0 Å². The van der Waals surface area contributed by atoms with E-state index in [-0.39, 0.29) is 18.6 Å². The van der Waals surface area contributed by atoms with Gasteiger partial charge in [-0.2, -0.15) is 0 Å². The van der Waals surface area contributed by atoms with Crippen LogP contribution in [0.25, 0.3) is 0 Å². The first-order chi connectivity index (χ1) is 9.36. The Kier molecular flexibility index (Phi) is 6.02. The van der Waals surface area contributed by atoms with Crippen LogP contribution in [0.15, 0.2) is 18.2 Å². The van der Waals surface area contributed by atoms with Crippen LogP contribution in [-0.4, -0.2) is 37.6 Å². The topological polar surface area (TPSA) is 41.6 Å². The summed E-state index contributed by atoms with van der Waals surface area (Å²) in [7, 11) is 3.73. The van der Waals surface area contributed by atoms with Gasteiger partial charge >= 0.3 is 0 Å². The third-order valence-corrected chi connectivity index (χ3v) is 3.65. The molecule has 0 aromatic heterocycles. The zero-order valence-corrected chi connectivity index (χ0v) is 13.4. The first-order valence-electron chi connectivity index (χ1n) is 7.03. The van der Waals surface area contributed by atoms with E-state index in [1.54, 1.807) is 11.9 Å². The highest BCUT2D eigenvalue weighted by molar-refractivity contribution is 5.77. The Morgan fingerprint density at radius 1 is 1.35 bits per heavy atom. The van der Waals surface area contributed by atoms with Crippen LogP contribution in [0, 0.1) is 6.92 Å². The maximum Gasteiger partial charge on any atom is 0.260 e. The van der Waals surface area contributed by atoms with E-state index in [0.29, 0.717) is 6.04 Å². The van der Waals surface area contributed by atoms with Gasteiger partial charge in [0.2, 0.25) is 0 Å². The van der Waals surface area contributed by atoms with Gasteiger partial charge in [-0.1, -0.05) is 12.1 Å². The van der Waals surface area contributed by atoms with Crippen molar-refractivity contribution in [2.45, 2.75) is 39.8 Å². The van der Waals surface area contributed by atoms with Crippen molar-refractivity contribution < 1.29 is 9.53 Å². The molecule has 1 aromatic rings. The van der Waals surface area contributed by atoms with Gasteiger partial charge in [0.05, 0.1) is 0 Å². The van der Waals surface area contributed by atoms with Crippen LogP contribution in [0.5, 0.6) is 5.75 Å². The normalized spacial score (nSPS) is 12.3. The number of benzene rings is 1. The number of rotatable bonds is 6. The first kappa shape index (κ1) is 16.5. The lowest BCUT2D eigenvalue weighted by Crippen LogP contribution is -2.36. The standard InChI is InChI=1S/C16H26N2O2/c1-11(2)18(6)16(19)10-20-15-8-7-14(9-12(15)3)13(4)17-5/h7-9,11,13,17H,10H2,1-6H3. The van der Waals surface area contributed by atoms with Crippen molar-refractivity contribution in [3.05, 3.63) is 29.3 Å². The third-order valence-electron chi connectivity index (χ3n) is 3.65. The van der Waals surface area contributed by atoms with E-state index in [1.165, 1.54) is 5.56 Å². The van der Waals surface area contributed by atoms with E-state index in [1.807, 2.05) is 40.0 Å². The summed E-state index contributed by atoms with van der Waals surface area (Å²) in [6.07, 6.45) is 0. The summed E-state index contributed by atoms with van der Waals surface area (Å²) in [6, 6.07) is 6.54. The lowest BCUT2D eigenvalue weighted by atomic mass is 10.1. The smallest absolute Gasteiger partial charge is 0.260 e. The molecule has 0 aliphatic rings. The van der Waals surface area contributed by atoms with Crippen molar-refractivity contribution in [3.8, 4) is 5.75 Å². The molecule has 1 N–H and O–H groups in total. The monoisotopic (exact) mass is 278 g/mol. The fourth-order valence-corrected chi connectivity index (χ4v) is 1.80. The van der Waals surface area contributed by atoms with Gasteiger partial charge < -0.3 is 15.0 Å².